The van der Waals surface area contributed by atoms with Gasteiger partial charge in [0.15, 0.2) is 29.6 Å². The number of carbonyl (C=O) groups is 2. The van der Waals surface area contributed by atoms with Crippen molar-refractivity contribution in [3.8, 4) is 23.0 Å². The zero-order valence-electron chi connectivity index (χ0n) is 13.8. The minimum atomic E-state index is -3.76. The molecule has 0 radical (unpaired) electrons. The Bertz CT molecular complexity index is 901. The molecule has 8 nitrogen and oxygen atoms in total. The summed E-state index contributed by atoms with van der Waals surface area (Å²) in [5.41, 5.74) is -0.0345. The average Bonchev–Trinajstić information content (AvgIpc) is 2.93. The highest BCUT2D eigenvalue weighted by Crippen LogP contribution is 2.42. The molecule has 2 N–H and O–H groups in total. The predicted molar refractivity (Wildman–Crippen MR) is 86.2 cm³/mol. The summed E-state index contributed by atoms with van der Waals surface area (Å²) in [5, 5.41) is 12.2. The molecule has 1 heterocycles. The van der Waals surface area contributed by atoms with Gasteiger partial charge in [-0.05, 0) is 24.3 Å². The zero-order chi connectivity index (χ0) is 19.6. The second kappa shape index (κ2) is 6.98. The van der Waals surface area contributed by atoms with Gasteiger partial charge in [0, 0.05) is 11.8 Å². The van der Waals surface area contributed by atoms with Crippen LogP contribution in [0, 0.1) is 0 Å². The summed E-state index contributed by atoms with van der Waals surface area (Å²) in [6.45, 7) is -0.667. The van der Waals surface area contributed by atoms with E-state index in [9.17, 15) is 23.5 Å². The molecule has 0 bridgehead atoms. The summed E-state index contributed by atoms with van der Waals surface area (Å²) >= 11 is 0. The van der Waals surface area contributed by atoms with Crippen molar-refractivity contribution in [2.75, 3.05) is 19.0 Å². The third-order valence-corrected chi connectivity index (χ3v) is 3.46. The van der Waals surface area contributed by atoms with E-state index < -0.39 is 30.5 Å². The summed E-state index contributed by atoms with van der Waals surface area (Å²) in [7, 11) is 1.32. The Morgan fingerprint density at radius 3 is 2.67 bits per heavy atom. The van der Waals surface area contributed by atoms with Crippen LogP contribution in [0.3, 0.4) is 0 Å². The normalized spacial score (nSPS) is 13.7. The number of carbonyl (C=O) groups excluding carboxylic acids is 2. The van der Waals surface area contributed by atoms with Crippen LogP contribution in [0.2, 0.25) is 0 Å². The lowest BCUT2D eigenvalue weighted by Gasteiger charge is -2.09. The van der Waals surface area contributed by atoms with Crippen LogP contribution in [-0.2, 0) is 9.53 Å². The molecular weight excluding hydrogens is 368 g/mol. The van der Waals surface area contributed by atoms with Gasteiger partial charge >= 0.3 is 12.3 Å². The molecule has 0 atom stereocenters. The minimum absolute atomic E-state index is 0.0751. The van der Waals surface area contributed by atoms with Gasteiger partial charge in [-0.15, -0.1) is 8.78 Å². The molecule has 142 valence electrons. The Morgan fingerprint density at radius 1 is 1.19 bits per heavy atom. The Balaban J connectivity index is 1.59. The molecule has 10 heteroatoms. The summed E-state index contributed by atoms with van der Waals surface area (Å²) in [6.07, 6.45) is -3.76. The van der Waals surface area contributed by atoms with Crippen LogP contribution in [0.5, 0.6) is 23.0 Å². The smallest absolute Gasteiger partial charge is 0.504 e. The molecule has 0 spiro atoms. The van der Waals surface area contributed by atoms with Crippen molar-refractivity contribution in [1.29, 1.82) is 0 Å². The zero-order valence-corrected chi connectivity index (χ0v) is 13.8. The van der Waals surface area contributed by atoms with Crippen LogP contribution in [0.25, 0.3) is 0 Å². The number of aromatic hydroxyl groups is 1. The average molecular weight is 381 g/mol. The van der Waals surface area contributed by atoms with Crippen molar-refractivity contribution in [2.45, 2.75) is 6.29 Å². The number of ether oxygens (including phenoxy) is 4. The first-order valence-corrected chi connectivity index (χ1v) is 7.52. The van der Waals surface area contributed by atoms with E-state index in [0.717, 1.165) is 6.07 Å². The molecule has 0 aliphatic carbocycles. The van der Waals surface area contributed by atoms with Crippen LogP contribution >= 0.6 is 0 Å². The Morgan fingerprint density at radius 2 is 1.93 bits per heavy atom. The first kappa shape index (κ1) is 18.2. The summed E-state index contributed by atoms with van der Waals surface area (Å²) in [6, 6.07) is 7.88. The first-order valence-electron chi connectivity index (χ1n) is 7.52. The van der Waals surface area contributed by atoms with E-state index in [4.69, 9.17) is 9.47 Å². The monoisotopic (exact) mass is 381 g/mol. The van der Waals surface area contributed by atoms with Gasteiger partial charge in [0.05, 0.1) is 7.11 Å². The molecule has 0 saturated heterocycles. The van der Waals surface area contributed by atoms with Crippen LogP contribution < -0.4 is 19.5 Å². The number of anilines is 1. The highest BCUT2D eigenvalue weighted by atomic mass is 19.3. The van der Waals surface area contributed by atoms with Crippen molar-refractivity contribution < 1.29 is 42.4 Å². The molecular formula is C17H13F2NO7. The number of alkyl halides is 2. The number of hydrogen-bond acceptors (Lipinski definition) is 7. The lowest BCUT2D eigenvalue weighted by Crippen LogP contribution is -2.25. The van der Waals surface area contributed by atoms with E-state index in [1.165, 1.54) is 37.4 Å². The molecule has 2 aromatic carbocycles. The second-order valence-corrected chi connectivity index (χ2v) is 5.31. The maximum Gasteiger partial charge on any atom is 0.586 e. The van der Waals surface area contributed by atoms with Gasteiger partial charge in [-0.2, -0.15) is 0 Å². The first-order chi connectivity index (χ1) is 12.8. The van der Waals surface area contributed by atoms with Crippen LogP contribution in [0.1, 0.15) is 10.4 Å². The number of phenols is 1. The van der Waals surface area contributed by atoms with Gasteiger partial charge < -0.3 is 29.4 Å². The van der Waals surface area contributed by atoms with Gasteiger partial charge in [0.2, 0.25) is 0 Å². The largest absolute Gasteiger partial charge is 0.586 e. The fraction of sp³-hybridized carbons (Fsp3) is 0.176. The Kier molecular flexibility index (Phi) is 4.72. The third kappa shape index (κ3) is 4.00. The van der Waals surface area contributed by atoms with Crippen LogP contribution in [0.4, 0.5) is 14.5 Å². The number of phenolic OH excluding ortho intramolecular Hbond substituents is 1. The van der Waals surface area contributed by atoms with Crippen molar-refractivity contribution in [3.63, 3.8) is 0 Å². The third-order valence-electron chi connectivity index (χ3n) is 3.46. The Hall–Kier alpha value is -3.56. The number of para-hydroxylation sites is 1. The maximum absolute atomic E-state index is 13.0. The van der Waals surface area contributed by atoms with Crippen molar-refractivity contribution >= 4 is 17.6 Å². The fourth-order valence-corrected chi connectivity index (χ4v) is 2.28. The van der Waals surface area contributed by atoms with E-state index in [2.05, 4.69) is 14.8 Å². The molecule has 2 aromatic rings. The highest BCUT2D eigenvalue weighted by molar-refractivity contribution is 5.97. The van der Waals surface area contributed by atoms with Gasteiger partial charge in [0.25, 0.3) is 5.91 Å². The molecule has 27 heavy (non-hydrogen) atoms. The number of hydrogen-bond donors (Lipinski definition) is 2. The molecule has 1 amide bonds. The summed E-state index contributed by atoms with van der Waals surface area (Å²) in [4.78, 5) is 23.9. The quantitative estimate of drug-likeness (QED) is 0.767. The molecule has 0 aromatic heterocycles. The van der Waals surface area contributed by atoms with Crippen molar-refractivity contribution in [2.24, 2.45) is 0 Å². The number of esters is 1. The van der Waals surface area contributed by atoms with E-state index >= 15 is 0 Å². The molecule has 1 aliphatic rings. The lowest BCUT2D eigenvalue weighted by molar-refractivity contribution is -0.286. The summed E-state index contributed by atoms with van der Waals surface area (Å²) in [5.74, 6) is -2.41. The van der Waals surface area contributed by atoms with E-state index in [1.54, 1.807) is 0 Å². The van der Waals surface area contributed by atoms with E-state index in [-0.39, 0.29) is 28.5 Å². The van der Waals surface area contributed by atoms with Gasteiger partial charge in [-0.25, -0.2) is 4.79 Å². The molecule has 3 rings (SSSR count). The van der Waals surface area contributed by atoms with Crippen molar-refractivity contribution in [1.82, 2.24) is 0 Å². The molecule has 0 fully saturated rings. The minimum Gasteiger partial charge on any atom is -0.504 e. The predicted octanol–water partition coefficient (Wildman–Crippen LogP) is 2.52. The standard InChI is InChI=1S/C17H13F2NO7/c1-24-12-4-2-3-10(15(12)22)16(23)25-8-14(21)20-9-5-6-11-13(7-9)27-17(18,19)26-11/h2-7,22H,8H2,1H3,(H,20,21). The summed E-state index contributed by atoms with van der Waals surface area (Å²) < 4.78 is 44.2. The molecule has 0 unspecified atom stereocenters. The van der Waals surface area contributed by atoms with Crippen LogP contribution in [-0.4, -0.2) is 37.0 Å². The number of methoxy groups -OCH3 is 1. The molecule has 0 saturated carbocycles. The number of rotatable bonds is 5. The van der Waals surface area contributed by atoms with Gasteiger partial charge in [-0.3, -0.25) is 4.79 Å². The van der Waals surface area contributed by atoms with Crippen LogP contribution in [0.15, 0.2) is 36.4 Å². The number of benzene rings is 2. The SMILES string of the molecule is COc1cccc(C(=O)OCC(=O)Nc2ccc3c(c2)OC(F)(F)O3)c1O. The van der Waals surface area contributed by atoms with Gasteiger partial charge in [0.1, 0.15) is 5.56 Å². The molecule has 1 aliphatic heterocycles. The number of halogens is 2. The van der Waals surface area contributed by atoms with Gasteiger partial charge in [-0.1, -0.05) is 6.07 Å². The topological polar surface area (TPSA) is 103 Å². The lowest BCUT2D eigenvalue weighted by atomic mass is 10.2. The van der Waals surface area contributed by atoms with Crippen molar-refractivity contribution in [3.05, 3.63) is 42.0 Å². The number of amides is 1. The fourth-order valence-electron chi connectivity index (χ4n) is 2.28. The number of nitrogens with one attached hydrogen (secondary N) is 1. The van der Waals surface area contributed by atoms with E-state index in [1.807, 2.05) is 0 Å². The Labute approximate surface area is 151 Å². The van der Waals surface area contributed by atoms with E-state index in [0.29, 0.717) is 0 Å². The number of fused-ring (bicyclic) bond motifs is 1. The second-order valence-electron chi connectivity index (χ2n) is 5.31. The maximum atomic E-state index is 13.0. The highest BCUT2D eigenvalue weighted by Gasteiger charge is 2.43.